The second kappa shape index (κ2) is 8.47. The summed E-state index contributed by atoms with van der Waals surface area (Å²) >= 11 is 7.67. The minimum absolute atomic E-state index is 0.0886. The quantitative estimate of drug-likeness (QED) is 0.471. The minimum atomic E-state index is -0.610. The van der Waals surface area contributed by atoms with Gasteiger partial charge in [-0.2, -0.15) is 0 Å². The fraction of sp³-hybridized carbons (Fsp3) is 0.160. The van der Waals surface area contributed by atoms with E-state index in [1.54, 1.807) is 18.0 Å². The van der Waals surface area contributed by atoms with Crippen molar-refractivity contribution in [2.24, 2.45) is 4.99 Å². The molecule has 5 nitrogen and oxygen atoms in total. The van der Waals surface area contributed by atoms with Crippen molar-refractivity contribution < 1.29 is 9.90 Å². The molecule has 4 aromatic rings. The van der Waals surface area contributed by atoms with Crippen LogP contribution in [0.1, 0.15) is 21.8 Å². The fourth-order valence-electron chi connectivity index (χ4n) is 4.03. The van der Waals surface area contributed by atoms with Crippen molar-refractivity contribution in [2.45, 2.75) is 19.1 Å². The van der Waals surface area contributed by atoms with Gasteiger partial charge in [-0.05, 0) is 34.5 Å². The highest BCUT2D eigenvalue weighted by atomic mass is 35.5. The maximum absolute atomic E-state index is 13.4. The van der Waals surface area contributed by atoms with Crippen molar-refractivity contribution in [3.8, 4) is 0 Å². The van der Waals surface area contributed by atoms with Gasteiger partial charge < -0.3 is 10.0 Å². The summed E-state index contributed by atoms with van der Waals surface area (Å²) in [6.07, 6.45) is 0.468. The summed E-state index contributed by atoms with van der Waals surface area (Å²) in [4.78, 5) is 24.5. The van der Waals surface area contributed by atoms with Crippen molar-refractivity contribution in [1.29, 1.82) is 0 Å². The minimum Gasteiger partial charge on any atom is -0.389 e. The molecule has 0 radical (unpaired) electrons. The Bertz CT molecular complexity index is 1360. The number of likely N-dealkylation sites (N-methyl/N-ethyl adjacent to an activating group) is 1. The molecule has 160 valence electrons. The maximum atomic E-state index is 13.4. The molecule has 1 N–H and O–H groups in total. The molecule has 0 bridgehead atoms. The van der Waals surface area contributed by atoms with Crippen LogP contribution in [0, 0.1) is 0 Å². The SMILES string of the molecule is CN1C(=O)C(Cc2ccc3ccccc3c2)N=C(c2csc(CO)n2)c2cc(Cl)ccc21. The largest absolute Gasteiger partial charge is 0.389 e. The molecule has 1 atom stereocenters. The molecule has 32 heavy (non-hydrogen) atoms. The van der Waals surface area contributed by atoms with Crippen LogP contribution in [-0.4, -0.2) is 34.8 Å². The van der Waals surface area contributed by atoms with Crippen molar-refractivity contribution in [3.63, 3.8) is 0 Å². The van der Waals surface area contributed by atoms with Crippen LogP contribution in [0.15, 0.2) is 71.0 Å². The van der Waals surface area contributed by atoms with E-state index in [9.17, 15) is 9.90 Å². The van der Waals surface area contributed by atoms with Crippen LogP contribution in [0.2, 0.25) is 5.02 Å². The van der Waals surface area contributed by atoms with Crippen LogP contribution >= 0.6 is 22.9 Å². The first-order chi connectivity index (χ1) is 15.5. The van der Waals surface area contributed by atoms with Crippen LogP contribution in [0.4, 0.5) is 5.69 Å². The molecular weight excluding hydrogens is 442 g/mol. The average molecular weight is 462 g/mol. The highest BCUT2D eigenvalue weighted by Crippen LogP contribution is 2.31. The molecule has 0 aliphatic carbocycles. The van der Waals surface area contributed by atoms with Gasteiger partial charge in [0.2, 0.25) is 0 Å². The highest BCUT2D eigenvalue weighted by molar-refractivity contribution is 7.09. The topological polar surface area (TPSA) is 65.8 Å². The summed E-state index contributed by atoms with van der Waals surface area (Å²) in [5, 5.41) is 14.8. The second-order valence-corrected chi connectivity index (χ2v) is 9.10. The van der Waals surface area contributed by atoms with Crippen LogP contribution in [0.5, 0.6) is 0 Å². The van der Waals surface area contributed by atoms with Crippen molar-refractivity contribution in [1.82, 2.24) is 4.98 Å². The lowest BCUT2D eigenvalue weighted by Crippen LogP contribution is -2.36. The number of rotatable bonds is 4. The second-order valence-electron chi connectivity index (χ2n) is 7.72. The van der Waals surface area contributed by atoms with Gasteiger partial charge in [-0.1, -0.05) is 54.1 Å². The van der Waals surface area contributed by atoms with Gasteiger partial charge >= 0.3 is 0 Å². The Hall–Kier alpha value is -3.06. The number of aliphatic hydroxyl groups is 1. The third-order valence-electron chi connectivity index (χ3n) is 5.65. The van der Waals surface area contributed by atoms with Crippen molar-refractivity contribution in [2.75, 3.05) is 11.9 Å². The van der Waals surface area contributed by atoms with E-state index in [-0.39, 0.29) is 12.5 Å². The summed E-state index contributed by atoms with van der Waals surface area (Å²) in [6, 6.07) is 19.2. The van der Waals surface area contributed by atoms with Gasteiger partial charge in [-0.15, -0.1) is 11.3 Å². The molecule has 1 aliphatic heterocycles. The molecule has 0 saturated heterocycles. The Kier molecular flexibility index (Phi) is 5.51. The van der Waals surface area contributed by atoms with Gasteiger partial charge in [0.15, 0.2) is 0 Å². The standard InChI is InChI=1S/C25H20ClN3O2S/c1-29-22-9-8-18(26)12-19(22)24(21-14-32-23(13-30)27-21)28-20(25(29)31)11-15-6-7-16-4-2-3-5-17(16)10-15/h2-10,12,14,20,30H,11,13H2,1H3. The number of benzodiazepines with no additional fused rings is 1. The zero-order valence-electron chi connectivity index (χ0n) is 17.3. The lowest BCUT2D eigenvalue weighted by Gasteiger charge is -2.20. The summed E-state index contributed by atoms with van der Waals surface area (Å²) in [7, 11) is 1.77. The monoisotopic (exact) mass is 461 g/mol. The number of halogens is 1. The number of nitrogens with zero attached hydrogens (tertiary/aromatic N) is 3. The molecule has 7 heteroatoms. The zero-order chi connectivity index (χ0) is 22.2. The number of aliphatic imine (C=N–C) groups is 1. The molecule has 2 heterocycles. The normalized spacial score (nSPS) is 16.1. The number of carbonyl (C=O) groups is 1. The van der Waals surface area contributed by atoms with E-state index in [4.69, 9.17) is 16.6 Å². The van der Waals surface area contributed by atoms with Gasteiger partial charge in [-0.25, -0.2) is 4.98 Å². The molecule has 1 aromatic heterocycles. The smallest absolute Gasteiger partial charge is 0.251 e. The van der Waals surface area contributed by atoms with E-state index < -0.39 is 6.04 Å². The zero-order valence-corrected chi connectivity index (χ0v) is 18.9. The average Bonchev–Trinajstić information content (AvgIpc) is 3.26. The van der Waals surface area contributed by atoms with E-state index in [0.717, 1.165) is 27.6 Å². The Balaban J connectivity index is 1.62. The number of aromatic nitrogens is 1. The predicted molar refractivity (Wildman–Crippen MR) is 130 cm³/mol. The Morgan fingerprint density at radius 2 is 1.91 bits per heavy atom. The van der Waals surface area contributed by atoms with Gasteiger partial charge in [0.25, 0.3) is 5.91 Å². The number of hydrogen-bond donors (Lipinski definition) is 1. The number of benzene rings is 3. The first-order valence-electron chi connectivity index (χ1n) is 10.2. The third kappa shape index (κ3) is 3.81. The van der Waals surface area contributed by atoms with E-state index in [2.05, 4.69) is 29.2 Å². The maximum Gasteiger partial charge on any atom is 0.251 e. The number of thiazole rings is 1. The van der Waals surface area contributed by atoms with Crippen molar-refractivity contribution >= 4 is 51.0 Å². The van der Waals surface area contributed by atoms with Gasteiger partial charge in [0.05, 0.1) is 18.0 Å². The fourth-order valence-corrected chi connectivity index (χ4v) is 4.84. The van der Waals surface area contributed by atoms with Crippen LogP contribution < -0.4 is 4.90 Å². The van der Waals surface area contributed by atoms with Gasteiger partial charge in [0.1, 0.15) is 16.7 Å². The van der Waals surface area contributed by atoms with Crippen LogP contribution in [0.25, 0.3) is 10.8 Å². The van der Waals surface area contributed by atoms with Crippen molar-refractivity contribution in [3.05, 3.63) is 92.9 Å². The summed E-state index contributed by atoms with van der Waals surface area (Å²) in [6.45, 7) is -0.139. The Labute approximate surface area is 194 Å². The first-order valence-corrected chi connectivity index (χ1v) is 11.5. The molecular formula is C25H20ClN3O2S. The predicted octanol–water partition coefficient (Wildman–Crippen LogP) is 4.87. The molecule has 3 aromatic carbocycles. The number of amides is 1. The van der Waals surface area contributed by atoms with E-state index in [1.165, 1.54) is 11.3 Å². The summed E-state index contributed by atoms with van der Waals surface area (Å²) < 4.78 is 0. The number of aliphatic hydroxyl groups excluding tert-OH is 1. The third-order valence-corrected chi connectivity index (χ3v) is 6.72. The highest BCUT2D eigenvalue weighted by Gasteiger charge is 2.31. The molecule has 1 amide bonds. The Morgan fingerprint density at radius 1 is 1.09 bits per heavy atom. The number of anilines is 1. The number of hydrogen-bond acceptors (Lipinski definition) is 5. The molecule has 0 spiro atoms. The summed E-state index contributed by atoms with van der Waals surface area (Å²) in [5.74, 6) is -0.0886. The molecule has 1 aliphatic rings. The first kappa shape index (κ1) is 20.8. The van der Waals surface area contributed by atoms with Gasteiger partial charge in [-0.3, -0.25) is 9.79 Å². The number of carbonyl (C=O) groups excluding carboxylic acids is 1. The van der Waals surface area contributed by atoms with Crippen LogP contribution in [-0.2, 0) is 17.8 Å². The Morgan fingerprint density at radius 3 is 2.69 bits per heavy atom. The molecule has 0 saturated carbocycles. The molecule has 0 fully saturated rings. The summed E-state index contributed by atoms with van der Waals surface area (Å²) in [5.41, 5.74) is 3.77. The lowest BCUT2D eigenvalue weighted by atomic mass is 10.0. The van der Waals surface area contributed by atoms with Gasteiger partial charge in [0, 0.05) is 29.4 Å². The lowest BCUT2D eigenvalue weighted by molar-refractivity contribution is -0.119. The van der Waals surface area contributed by atoms with E-state index >= 15 is 0 Å². The molecule has 5 rings (SSSR count). The van der Waals surface area contributed by atoms with E-state index in [0.29, 0.717) is 27.9 Å². The molecule has 1 unspecified atom stereocenters. The van der Waals surface area contributed by atoms with E-state index in [1.807, 2.05) is 35.7 Å². The van der Waals surface area contributed by atoms with Crippen LogP contribution in [0.3, 0.4) is 0 Å². The number of fused-ring (bicyclic) bond motifs is 2.